The largest absolute Gasteiger partial charge is 0.489 e. The molecule has 0 unspecified atom stereocenters. The molecule has 0 fully saturated rings. The summed E-state index contributed by atoms with van der Waals surface area (Å²) in [7, 11) is 0. The molecule has 56 heavy (non-hydrogen) atoms. The van der Waals surface area contributed by atoms with Gasteiger partial charge in [0.05, 0.1) is 37.8 Å². The third kappa shape index (κ3) is 5.25. The SMILES string of the molecule is Cc1cc2c3c(c1)N(c1ccc(-c4ccccc4)cc1)c1c(ccc4c1OCCCO4)B3c1ccc3c(c1N2c1ccc(-c2ccccc2)cc1)OCCCO3. The van der Waals surface area contributed by atoms with Gasteiger partial charge in [-0.3, -0.25) is 0 Å². The predicted molar refractivity (Wildman–Crippen MR) is 227 cm³/mol. The first-order valence-electron chi connectivity index (χ1n) is 19.6. The van der Waals surface area contributed by atoms with E-state index in [0.717, 1.165) is 86.5 Å². The number of benzene rings is 7. The van der Waals surface area contributed by atoms with Gasteiger partial charge in [0.2, 0.25) is 0 Å². The van der Waals surface area contributed by atoms with Crippen molar-refractivity contribution in [2.45, 2.75) is 19.8 Å². The summed E-state index contributed by atoms with van der Waals surface area (Å²) in [6, 6.07) is 52.3. The monoisotopic (exact) mass is 730 g/mol. The second-order valence-electron chi connectivity index (χ2n) is 14.9. The molecule has 0 aromatic heterocycles. The maximum Gasteiger partial charge on any atom is 0.252 e. The molecular weight excluding hydrogens is 691 g/mol. The van der Waals surface area contributed by atoms with Crippen LogP contribution in [0.25, 0.3) is 22.3 Å². The summed E-state index contributed by atoms with van der Waals surface area (Å²) < 4.78 is 26.1. The van der Waals surface area contributed by atoms with Crippen molar-refractivity contribution in [2.24, 2.45) is 0 Å². The van der Waals surface area contributed by atoms with Gasteiger partial charge in [-0.15, -0.1) is 0 Å². The Bertz CT molecular complexity index is 2430. The lowest BCUT2D eigenvalue weighted by Gasteiger charge is -2.45. The van der Waals surface area contributed by atoms with Crippen LogP contribution in [-0.2, 0) is 0 Å². The Kier molecular flexibility index (Phi) is 7.80. The maximum absolute atomic E-state index is 6.69. The Balaban J connectivity index is 1.18. The smallest absolute Gasteiger partial charge is 0.252 e. The summed E-state index contributed by atoms with van der Waals surface area (Å²) in [5, 5.41) is 0. The van der Waals surface area contributed by atoms with Crippen LogP contribution in [0.1, 0.15) is 18.4 Å². The van der Waals surface area contributed by atoms with E-state index in [1.807, 2.05) is 0 Å². The molecule has 0 radical (unpaired) electrons. The lowest BCUT2D eigenvalue weighted by atomic mass is 9.33. The van der Waals surface area contributed by atoms with E-state index < -0.39 is 0 Å². The lowest BCUT2D eigenvalue weighted by molar-refractivity contribution is 0.297. The zero-order valence-corrected chi connectivity index (χ0v) is 31.2. The molecule has 0 aliphatic carbocycles. The van der Waals surface area contributed by atoms with Gasteiger partial charge in [-0.2, -0.15) is 0 Å². The number of rotatable bonds is 4. The van der Waals surface area contributed by atoms with Crippen molar-refractivity contribution in [2.75, 3.05) is 36.2 Å². The number of ether oxygens (including phenoxy) is 4. The first-order valence-corrected chi connectivity index (χ1v) is 19.6. The van der Waals surface area contributed by atoms with Gasteiger partial charge in [0, 0.05) is 35.6 Å². The molecule has 0 spiro atoms. The number of hydrogen-bond donors (Lipinski definition) is 0. The Labute approximate surface area is 327 Å². The van der Waals surface area contributed by atoms with E-state index in [0.29, 0.717) is 26.4 Å². The van der Waals surface area contributed by atoms with Crippen molar-refractivity contribution in [3.8, 4) is 45.3 Å². The van der Waals surface area contributed by atoms with E-state index >= 15 is 0 Å². The summed E-state index contributed by atoms with van der Waals surface area (Å²) in [5.41, 5.74) is 15.8. The second kappa shape index (κ2) is 13.3. The van der Waals surface area contributed by atoms with Crippen LogP contribution in [0.4, 0.5) is 34.1 Å². The Morgan fingerprint density at radius 1 is 0.446 bits per heavy atom. The molecule has 0 N–H and O–H groups in total. The molecule has 7 aromatic rings. The van der Waals surface area contributed by atoms with E-state index in [1.165, 1.54) is 27.7 Å². The van der Waals surface area contributed by atoms with E-state index in [9.17, 15) is 0 Å². The highest BCUT2D eigenvalue weighted by molar-refractivity contribution is 7.00. The van der Waals surface area contributed by atoms with Crippen LogP contribution in [0.3, 0.4) is 0 Å². The fourth-order valence-electron chi connectivity index (χ4n) is 8.95. The van der Waals surface area contributed by atoms with Crippen LogP contribution >= 0.6 is 0 Å². The average Bonchev–Trinajstić information content (AvgIpc) is 3.66. The van der Waals surface area contributed by atoms with Crippen LogP contribution < -0.4 is 45.1 Å². The fraction of sp³-hybridized carbons (Fsp3) is 0.143. The Morgan fingerprint density at radius 3 is 1.30 bits per heavy atom. The molecule has 4 heterocycles. The standard InChI is InChI=1S/C49H39BN2O4/c1-32-30-41-45-42(31-32)52(38-20-16-36(17-21-38)34-12-6-3-7-13-34)47-40(23-25-44-49(47)56-29-9-27-54-44)50(45)39-22-24-43-48(55-28-8-26-53-43)46(39)51(41)37-18-14-35(15-19-37)33-10-4-2-5-11-33/h2-7,10-25,30-31H,8-9,26-29H2,1H3. The highest BCUT2D eigenvalue weighted by Crippen LogP contribution is 2.52. The summed E-state index contributed by atoms with van der Waals surface area (Å²) >= 11 is 0. The van der Waals surface area contributed by atoms with Crippen molar-refractivity contribution < 1.29 is 18.9 Å². The van der Waals surface area contributed by atoms with Crippen LogP contribution in [0, 0.1) is 6.92 Å². The van der Waals surface area contributed by atoms with Crippen LogP contribution in [-0.4, -0.2) is 33.1 Å². The highest BCUT2D eigenvalue weighted by Gasteiger charge is 2.47. The molecule has 272 valence electrons. The van der Waals surface area contributed by atoms with Gasteiger partial charge in [0.15, 0.2) is 23.0 Å². The molecule has 0 saturated carbocycles. The van der Waals surface area contributed by atoms with Gasteiger partial charge in [-0.1, -0.05) is 97.1 Å². The predicted octanol–water partition coefficient (Wildman–Crippen LogP) is 9.73. The zero-order valence-electron chi connectivity index (χ0n) is 31.2. The van der Waals surface area contributed by atoms with E-state index in [-0.39, 0.29) is 6.71 Å². The van der Waals surface area contributed by atoms with E-state index in [4.69, 9.17) is 18.9 Å². The van der Waals surface area contributed by atoms with Gasteiger partial charge >= 0.3 is 0 Å². The fourth-order valence-corrected chi connectivity index (χ4v) is 8.95. The molecule has 0 amide bonds. The normalized spacial score (nSPS) is 14.9. The highest BCUT2D eigenvalue weighted by atomic mass is 16.5. The number of aryl methyl sites for hydroxylation is 1. The molecular formula is C49H39BN2O4. The van der Waals surface area contributed by atoms with Gasteiger partial charge in [-0.05, 0) is 99.7 Å². The van der Waals surface area contributed by atoms with Crippen LogP contribution in [0.15, 0.2) is 146 Å². The number of nitrogens with zero attached hydrogens (tertiary/aromatic N) is 2. The minimum absolute atomic E-state index is 0.111. The zero-order chi connectivity index (χ0) is 37.2. The molecule has 11 rings (SSSR count). The van der Waals surface area contributed by atoms with E-state index in [2.05, 4.69) is 162 Å². The van der Waals surface area contributed by atoms with E-state index in [1.54, 1.807) is 0 Å². The molecule has 7 aromatic carbocycles. The minimum Gasteiger partial charge on any atom is -0.489 e. The van der Waals surface area contributed by atoms with Crippen molar-refractivity contribution >= 4 is 57.2 Å². The second-order valence-corrected chi connectivity index (χ2v) is 14.9. The quantitative estimate of drug-likeness (QED) is 0.168. The topological polar surface area (TPSA) is 43.4 Å². The van der Waals surface area contributed by atoms with Gasteiger partial charge in [0.25, 0.3) is 6.71 Å². The van der Waals surface area contributed by atoms with Crippen molar-refractivity contribution in [1.82, 2.24) is 0 Å². The first kappa shape index (κ1) is 32.8. The number of anilines is 6. The van der Waals surface area contributed by atoms with Crippen LogP contribution in [0.5, 0.6) is 23.0 Å². The van der Waals surface area contributed by atoms with Crippen molar-refractivity contribution in [3.63, 3.8) is 0 Å². The summed E-state index contributed by atoms with van der Waals surface area (Å²) in [6.07, 6.45) is 1.64. The maximum atomic E-state index is 6.69. The molecule has 4 aliphatic rings. The summed E-state index contributed by atoms with van der Waals surface area (Å²) in [6.45, 7) is 4.49. The molecule has 0 atom stereocenters. The van der Waals surface area contributed by atoms with Crippen molar-refractivity contribution in [3.05, 3.63) is 151 Å². The molecule has 6 nitrogen and oxygen atoms in total. The Hall–Kier alpha value is -6.60. The average molecular weight is 731 g/mol. The Morgan fingerprint density at radius 2 is 0.857 bits per heavy atom. The third-order valence-corrected chi connectivity index (χ3v) is 11.4. The minimum atomic E-state index is -0.111. The molecule has 7 heteroatoms. The first-order chi connectivity index (χ1) is 27.7. The summed E-state index contributed by atoms with van der Waals surface area (Å²) in [4.78, 5) is 4.81. The molecule has 0 saturated heterocycles. The van der Waals surface area contributed by atoms with Gasteiger partial charge in [0.1, 0.15) is 0 Å². The van der Waals surface area contributed by atoms with Crippen LogP contribution in [0.2, 0.25) is 0 Å². The number of hydrogen-bond acceptors (Lipinski definition) is 6. The molecule has 0 bridgehead atoms. The van der Waals surface area contributed by atoms with Gasteiger partial charge in [-0.25, -0.2) is 0 Å². The van der Waals surface area contributed by atoms with Gasteiger partial charge < -0.3 is 28.7 Å². The van der Waals surface area contributed by atoms with Crippen molar-refractivity contribution in [1.29, 1.82) is 0 Å². The summed E-state index contributed by atoms with van der Waals surface area (Å²) in [5.74, 6) is 3.13. The molecule has 4 aliphatic heterocycles. The lowest BCUT2D eigenvalue weighted by Crippen LogP contribution is -2.61. The third-order valence-electron chi connectivity index (χ3n) is 11.4. The number of fused-ring (bicyclic) bond motifs is 8.